The van der Waals surface area contributed by atoms with E-state index in [9.17, 15) is 9.59 Å². The summed E-state index contributed by atoms with van der Waals surface area (Å²) in [5, 5.41) is 6.19. The number of fused-ring (bicyclic) bond motifs is 1. The van der Waals surface area contributed by atoms with Gasteiger partial charge in [-0.15, -0.1) is 0 Å². The molecule has 0 fully saturated rings. The van der Waals surface area contributed by atoms with Crippen LogP contribution in [-0.4, -0.2) is 29.3 Å². The third-order valence-corrected chi connectivity index (χ3v) is 4.11. The van der Waals surface area contributed by atoms with Crippen LogP contribution in [0.2, 0.25) is 0 Å². The molecule has 0 saturated carbocycles. The van der Waals surface area contributed by atoms with Gasteiger partial charge in [0.25, 0.3) is 5.91 Å². The number of carbonyl (C=O) groups is 2. The lowest BCUT2D eigenvalue weighted by Gasteiger charge is -2.27. The molecule has 2 N–H and O–H groups in total. The van der Waals surface area contributed by atoms with Gasteiger partial charge < -0.3 is 10.6 Å². The van der Waals surface area contributed by atoms with Gasteiger partial charge >= 0.3 is 0 Å². The Bertz CT molecular complexity index is 550. The van der Waals surface area contributed by atoms with Crippen LogP contribution in [-0.2, 0) is 22.4 Å². The van der Waals surface area contributed by atoms with Crippen LogP contribution in [0.4, 0.5) is 0 Å². The molecule has 1 aliphatic rings. The van der Waals surface area contributed by atoms with Crippen molar-refractivity contribution in [2.45, 2.75) is 71.0 Å². The van der Waals surface area contributed by atoms with Gasteiger partial charge in [-0.3, -0.25) is 9.59 Å². The molecule has 1 aliphatic carbocycles. The summed E-state index contributed by atoms with van der Waals surface area (Å²) in [6.07, 6.45) is 3.15. The van der Waals surface area contributed by atoms with Crippen molar-refractivity contribution in [3.63, 3.8) is 0 Å². The summed E-state index contributed by atoms with van der Waals surface area (Å²) in [4.78, 5) is 24.8. The molecule has 126 valence electrons. The van der Waals surface area contributed by atoms with Crippen molar-refractivity contribution in [3.05, 3.63) is 35.4 Å². The second-order valence-electron chi connectivity index (χ2n) is 7.45. The van der Waals surface area contributed by atoms with E-state index in [-0.39, 0.29) is 17.4 Å². The minimum atomic E-state index is -0.460. The van der Waals surface area contributed by atoms with E-state index in [1.54, 1.807) is 0 Å². The molecule has 1 atom stereocenters. The van der Waals surface area contributed by atoms with Crippen LogP contribution in [0.15, 0.2) is 24.3 Å². The van der Waals surface area contributed by atoms with Gasteiger partial charge in [0.1, 0.15) is 0 Å². The van der Waals surface area contributed by atoms with Crippen molar-refractivity contribution in [1.29, 1.82) is 0 Å². The minimum Gasteiger partial charge on any atom is -0.346 e. The van der Waals surface area contributed by atoms with Gasteiger partial charge in [-0.2, -0.15) is 0 Å². The highest BCUT2D eigenvalue weighted by atomic mass is 16.2. The number of carbonyl (C=O) groups excluding carboxylic acids is 2. The van der Waals surface area contributed by atoms with Crippen LogP contribution in [0, 0.1) is 0 Å². The zero-order chi connectivity index (χ0) is 17.0. The first-order valence-corrected chi connectivity index (χ1v) is 8.49. The van der Waals surface area contributed by atoms with Gasteiger partial charge in [0.2, 0.25) is 5.78 Å². The van der Waals surface area contributed by atoms with Crippen LogP contribution in [0.3, 0.4) is 0 Å². The molecule has 1 amide bonds. The Morgan fingerprint density at radius 3 is 2.22 bits per heavy atom. The third-order valence-electron chi connectivity index (χ3n) is 4.11. The molecule has 0 aromatic heterocycles. The molecule has 1 aromatic rings. The predicted octanol–water partition coefficient (Wildman–Crippen LogP) is 2.40. The number of hydrogen-bond acceptors (Lipinski definition) is 3. The fourth-order valence-corrected chi connectivity index (χ4v) is 3.16. The lowest BCUT2D eigenvalue weighted by Crippen LogP contribution is -2.53. The number of amides is 1. The Labute approximate surface area is 139 Å². The van der Waals surface area contributed by atoms with Gasteiger partial charge in [-0.05, 0) is 51.2 Å². The van der Waals surface area contributed by atoms with E-state index in [0.717, 1.165) is 19.3 Å². The second-order valence-corrected chi connectivity index (χ2v) is 7.45. The van der Waals surface area contributed by atoms with Crippen molar-refractivity contribution < 1.29 is 9.59 Å². The molecule has 0 heterocycles. The van der Waals surface area contributed by atoms with E-state index < -0.39 is 11.9 Å². The van der Waals surface area contributed by atoms with Crippen LogP contribution >= 0.6 is 0 Å². The first kappa shape index (κ1) is 17.7. The van der Waals surface area contributed by atoms with E-state index in [1.165, 1.54) is 11.1 Å². The Morgan fingerprint density at radius 1 is 1.17 bits per heavy atom. The predicted molar refractivity (Wildman–Crippen MR) is 92.4 cm³/mol. The molecule has 4 nitrogen and oxygen atoms in total. The van der Waals surface area contributed by atoms with Crippen molar-refractivity contribution in [1.82, 2.24) is 10.6 Å². The van der Waals surface area contributed by atoms with Crippen LogP contribution < -0.4 is 10.6 Å². The maximum atomic E-state index is 12.5. The first-order chi connectivity index (χ1) is 10.8. The largest absolute Gasteiger partial charge is 0.346 e. The van der Waals surface area contributed by atoms with Gasteiger partial charge in [-0.25, -0.2) is 0 Å². The topological polar surface area (TPSA) is 58.2 Å². The average molecular weight is 316 g/mol. The van der Waals surface area contributed by atoms with E-state index in [1.807, 2.05) is 39.8 Å². The maximum absolute atomic E-state index is 12.5. The minimum absolute atomic E-state index is 0.0285. The molecular formula is C19H28N2O2. The standard InChI is InChI=1S/C19H28N2O2/c1-5-8-16(21-19(2,3)4)17(22)18(23)20-15-11-13-9-6-7-10-14(13)12-15/h6-7,9-10,15-16,21H,5,8,11-12H2,1-4H3,(H,20,23). The summed E-state index contributed by atoms with van der Waals surface area (Å²) in [5.74, 6) is -0.810. The molecule has 0 spiro atoms. The highest BCUT2D eigenvalue weighted by Gasteiger charge is 2.30. The van der Waals surface area contributed by atoms with Gasteiger partial charge in [0.05, 0.1) is 6.04 Å². The fourth-order valence-electron chi connectivity index (χ4n) is 3.16. The summed E-state index contributed by atoms with van der Waals surface area (Å²) in [5.41, 5.74) is 2.34. The monoisotopic (exact) mass is 316 g/mol. The number of benzene rings is 1. The summed E-state index contributed by atoms with van der Waals surface area (Å²) in [6, 6.07) is 7.82. The Hall–Kier alpha value is -1.68. The smallest absolute Gasteiger partial charge is 0.289 e. The molecular weight excluding hydrogens is 288 g/mol. The van der Waals surface area contributed by atoms with Crippen LogP contribution in [0.5, 0.6) is 0 Å². The lowest BCUT2D eigenvalue weighted by molar-refractivity contribution is -0.139. The summed E-state index contributed by atoms with van der Waals surface area (Å²) in [7, 11) is 0. The molecule has 1 unspecified atom stereocenters. The SMILES string of the molecule is CCCC(NC(C)(C)C)C(=O)C(=O)NC1Cc2ccccc2C1. The van der Waals surface area contributed by atoms with Crippen LogP contribution in [0.1, 0.15) is 51.7 Å². The summed E-state index contributed by atoms with van der Waals surface area (Å²) in [6.45, 7) is 8.05. The number of hydrogen-bond donors (Lipinski definition) is 2. The zero-order valence-electron chi connectivity index (χ0n) is 14.6. The van der Waals surface area contributed by atoms with Crippen molar-refractivity contribution in [3.8, 4) is 0 Å². The molecule has 2 rings (SSSR count). The Kier molecular flexibility index (Phi) is 5.58. The third kappa shape index (κ3) is 4.90. The zero-order valence-corrected chi connectivity index (χ0v) is 14.6. The fraction of sp³-hybridized carbons (Fsp3) is 0.579. The van der Waals surface area contributed by atoms with Gasteiger partial charge in [-0.1, -0.05) is 37.6 Å². The molecule has 23 heavy (non-hydrogen) atoms. The normalized spacial score (nSPS) is 16.0. The average Bonchev–Trinajstić information content (AvgIpc) is 2.86. The summed E-state index contributed by atoms with van der Waals surface area (Å²) >= 11 is 0. The molecule has 0 bridgehead atoms. The van der Waals surface area contributed by atoms with E-state index in [0.29, 0.717) is 6.42 Å². The summed E-state index contributed by atoms with van der Waals surface area (Å²) < 4.78 is 0. The number of Topliss-reactive ketones (excluding diaryl/α,β-unsaturated/α-hetero) is 1. The quantitative estimate of drug-likeness (QED) is 0.792. The number of nitrogens with one attached hydrogen (secondary N) is 2. The highest BCUT2D eigenvalue weighted by Crippen LogP contribution is 2.21. The maximum Gasteiger partial charge on any atom is 0.289 e. The molecule has 0 saturated heterocycles. The molecule has 4 heteroatoms. The number of rotatable bonds is 6. The number of ketones is 1. The van der Waals surface area contributed by atoms with E-state index in [2.05, 4.69) is 22.8 Å². The Balaban J connectivity index is 1.95. The van der Waals surface area contributed by atoms with Gasteiger partial charge in [0, 0.05) is 11.6 Å². The van der Waals surface area contributed by atoms with E-state index in [4.69, 9.17) is 0 Å². The molecule has 0 radical (unpaired) electrons. The molecule has 1 aromatic carbocycles. The molecule has 0 aliphatic heterocycles. The van der Waals surface area contributed by atoms with Crippen LogP contribution in [0.25, 0.3) is 0 Å². The van der Waals surface area contributed by atoms with Crippen molar-refractivity contribution in [2.24, 2.45) is 0 Å². The lowest BCUT2D eigenvalue weighted by atomic mass is 10.0. The van der Waals surface area contributed by atoms with Crippen molar-refractivity contribution in [2.75, 3.05) is 0 Å². The highest BCUT2D eigenvalue weighted by molar-refractivity contribution is 6.38. The van der Waals surface area contributed by atoms with Crippen molar-refractivity contribution >= 4 is 11.7 Å². The van der Waals surface area contributed by atoms with E-state index >= 15 is 0 Å². The second kappa shape index (κ2) is 7.26. The Morgan fingerprint density at radius 2 is 1.74 bits per heavy atom. The van der Waals surface area contributed by atoms with Gasteiger partial charge in [0.15, 0.2) is 0 Å². The first-order valence-electron chi connectivity index (χ1n) is 8.49.